The van der Waals surface area contributed by atoms with E-state index >= 15 is 0 Å². The molecule has 0 radical (unpaired) electrons. The fourth-order valence-electron chi connectivity index (χ4n) is 2.02. The molecule has 3 aromatic rings. The number of H-pyrrole nitrogens is 1. The first-order valence-corrected chi connectivity index (χ1v) is 5.85. The number of non-ortho nitro benzene ring substituents is 1. The molecule has 1 N–H and O–H groups in total. The average Bonchev–Trinajstić information content (AvgIpc) is 2.80. The Balaban J connectivity index is 2.29. The summed E-state index contributed by atoms with van der Waals surface area (Å²) in [7, 11) is 0. The normalized spacial score (nSPS) is 10.9. The summed E-state index contributed by atoms with van der Waals surface area (Å²) >= 11 is 0. The minimum Gasteiger partial charge on any atom is -0.337 e. The van der Waals surface area contributed by atoms with Gasteiger partial charge in [0.15, 0.2) is 0 Å². The molecule has 0 saturated heterocycles. The van der Waals surface area contributed by atoms with Gasteiger partial charge in [0, 0.05) is 12.1 Å². The molecule has 2 heterocycles. The summed E-state index contributed by atoms with van der Waals surface area (Å²) in [6.07, 6.45) is 0. The van der Waals surface area contributed by atoms with Gasteiger partial charge >= 0.3 is 5.69 Å². The Morgan fingerprint density at radius 3 is 2.57 bits per heavy atom. The molecule has 106 valence electrons. The highest BCUT2D eigenvalue weighted by Crippen LogP contribution is 2.14. The number of aromatic nitrogens is 3. The summed E-state index contributed by atoms with van der Waals surface area (Å²) in [6.45, 7) is 1.58. The summed E-state index contributed by atoms with van der Waals surface area (Å²) in [4.78, 5) is 36.8. The molecule has 0 aliphatic carbocycles. The second-order valence-corrected chi connectivity index (χ2v) is 4.32. The van der Waals surface area contributed by atoms with Crippen LogP contribution in [0.1, 0.15) is 5.69 Å². The third-order valence-corrected chi connectivity index (χ3v) is 3.02. The first-order chi connectivity index (χ1) is 9.99. The smallest absolute Gasteiger partial charge is 0.335 e. The van der Waals surface area contributed by atoms with Crippen molar-refractivity contribution >= 4 is 16.8 Å². The van der Waals surface area contributed by atoms with Crippen LogP contribution in [-0.4, -0.2) is 19.6 Å². The third kappa shape index (κ3) is 1.91. The van der Waals surface area contributed by atoms with Crippen molar-refractivity contribution in [2.24, 2.45) is 0 Å². The van der Waals surface area contributed by atoms with Crippen molar-refractivity contribution in [1.82, 2.24) is 14.7 Å². The van der Waals surface area contributed by atoms with Crippen LogP contribution < -0.4 is 11.2 Å². The molecule has 0 amide bonds. The van der Waals surface area contributed by atoms with Gasteiger partial charge in [0.25, 0.3) is 11.2 Å². The Bertz CT molecular complexity index is 964. The molecule has 1 aromatic carbocycles. The zero-order valence-corrected chi connectivity index (χ0v) is 10.7. The number of hydrogen-bond donors (Lipinski definition) is 1. The van der Waals surface area contributed by atoms with Gasteiger partial charge in [0.05, 0.1) is 16.3 Å². The van der Waals surface area contributed by atoms with Crippen molar-refractivity contribution in [2.45, 2.75) is 6.92 Å². The Labute approximate surface area is 115 Å². The van der Waals surface area contributed by atoms with Crippen LogP contribution in [0.3, 0.4) is 0 Å². The minimum atomic E-state index is -0.711. The van der Waals surface area contributed by atoms with Crippen molar-refractivity contribution in [1.29, 1.82) is 0 Å². The summed E-state index contributed by atoms with van der Waals surface area (Å²) in [5, 5.41) is 14.4. The van der Waals surface area contributed by atoms with Crippen LogP contribution in [-0.2, 0) is 0 Å². The molecule has 0 saturated carbocycles. The number of nitrogens with one attached hydrogen (secondary N) is 1. The van der Waals surface area contributed by atoms with Crippen LogP contribution >= 0.6 is 0 Å². The maximum Gasteiger partial charge on any atom is 0.335 e. The van der Waals surface area contributed by atoms with E-state index in [4.69, 9.17) is 4.52 Å². The highest BCUT2D eigenvalue weighted by Gasteiger charge is 2.16. The van der Waals surface area contributed by atoms with E-state index in [9.17, 15) is 19.7 Å². The Morgan fingerprint density at radius 2 is 1.95 bits per heavy atom. The lowest BCUT2D eigenvalue weighted by atomic mass is 10.2. The van der Waals surface area contributed by atoms with Gasteiger partial charge in [-0.05, 0) is 19.1 Å². The maximum absolute atomic E-state index is 12.4. The van der Waals surface area contributed by atoms with E-state index in [1.165, 1.54) is 24.3 Å². The maximum atomic E-state index is 12.4. The lowest BCUT2D eigenvalue weighted by Crippen LogP contribution is -2.33. The SMILES string of the molecule is Cc1noc2[nH]c(=O)n(-c3ccc([N+](=O)[O-])cc3)c(=O)c12. The quantitative estimate of drug-likeness (QED) is 0.551. The predicted octanol–water partition coefficient (Wildman–Crippen LogP) is 0.884. The third-order valence-electron chi connectivity index (χ3n) is 3.02. The molecule has 0 spiro atoms. The summed E-state index contributed by atoms with van der Waals surface area (Å²) in [5.74, 6) is 0. The molecule has 9 heteroatoms. The lowest BCUT2D eigenvalue weighted by Gasteiger charge is -2.03. The molecule has 0 atom stereocenters. The molecule has 21 heavy (non-hydrogen) atoms. The van der Waals surface area contributed by atoms with Gasteiger partial charge in [-0.2, -0.15) is 0 Å². The standard InChI is InChI=1S/C12H8N4O5/c1-6-9-10(21-14-6)13-12(18)15(11(9)17)7-2-4-8(5-3-7)16(19)20/h2-5H,1H3,(H,13,18). The fraction of sp³-hybridized carbons (Fsp3) is 0.0833. The van der Waals surface area contributed by atoms with E-state index in [1.807, 2.05) is 0 Å². The van der Waals surface area contributed by atoms with E-state index < -0.39 is 16.2 Å². The molecule has 0 aliphatic rings. The van der Waals surface area contributed by atoms with E-state index in [0.717, 1.165) is 4.57 Å². The van der Waals surface area contributed by atoms with Crippen LogP contribution in [0.5, 0.6) is 0 Å². The molecule has 0 unspecified atom stereocenters. The monoisotopic (exact) mass is 288 g/mol. The second kappa shape index (κ2) is 4.40. The topological polar surface area (TPSA) is 124 Å². The van der Waals surface area contributed by atoms with Crippen LogP contribution in [0.2, 0.25) is 0 Å². The van der Waals surface area contributed by atoms with Gasteiger partial charge < -0.3 is 4.52 Å². The summed E-state index contributed by atoms with van der Waals surface area (Å²) < 4.78 is 5.71. The number of nitro groups is 1. The van der Waals surface area contributed by atoms with Gasteiger partial charge in [-0.3, -0.25) is 19.9 Å². The van der Waals surface area contributed by atoms with Crippen LogP contribution in [0.25, 0.3) is 16.8 Å². The number of benzene rings is 1. The molecule has 2 aromatic heterocycles. The number of nitrogens with zero attached hydrogens (tertiary/aromatic N) is 3. The zero-order chi connectivity index (χ0) is 15.1. The molecular weight excluding hydrogens is 280 g/mol. The van der Waals surface area contributed by atoms with Gasteiger partial charge in [0.2, 0.25) is 5.71 Å². The number of aryl methyl sites for hydroxylation is 1. The number of aromatic amines is 1. The number of nitro benzene ring substituents is 1. The van der Waals surface area contributed by atoms with Crippen molar-refractivity contribution in [3.05, 3.63) is 60.9 Å². The van der Waals surface area contributed by atoms with Crippen LogP contribution in [0.4, 0.5) is 5.69 Å². The molecular formula is C12H8N4O5. The fourth-order valence-corrected chi connectivity index (χ4v) is 2.02. The molecule has 0 fully saturated rings. The van der Waals surface area contributed by atoms with E-state index in [-0.39, 0.29) is 22.5 Å². The highest BCUT2D eigenvalue weighted by atomic mass is 16.6. The van der Waals surface area contributed by atoms with Gasteiger partial charge in [0.1, 0.15) is 5.39 Å². The minimum absolute atomic E-state index is 0.000613. The van der Waals surface area contributed by atoms with Crippen molar-refractivity contribution in [3.63, 3.8) is 0 Å². The zero-order valence-electron chi connectivity index (χ0n) is 10.7. The van der Waals surface area contributed by atoms with E-state index in [0.29, 0.717) is 5.69 Å². The summed E-state index contributed by atoms with van der Waals surface area (Å²) in [6, 6.07) is 5.07. The molecule has 0 bridgehead atoms. The lowest BCUT2D eigenvalue weighted by molar-refractivity contribution is -0.384. The van der Waals surface area contributed by atoms with Crippen LogP contribution in [0, 0.1) is 17.0 Å². The first kappa shape index (κ1) is 12.8. The molecule has 0 aliphatic heterocycles. The van der Waals surface area contributed by atoms with E-state index in [1.54, 1.807) is 6.92 Å². The summed E-state index contributed by atoms with van der Waals surface area (Å²) in [5.41, 5.74) is -0.874. The second-order valence-electron chi connectivity index (χ2n) is 4.32. The van der Waals surface area contributed by atoms with Crippen molar-refractivity contribution in [3.8, 4) is 5.69 Å². The average molecular weight is 288 g/mol. The predicted molar refractivity (Wildman–Crippen MR) is 71.6 cm³/mol. The molecule has 9 nitrogen and oxygen atoms in total. The molecule has 3 rings (SSSR count). The number of fused-ring (bicyclic) bond motifs is 1. The van der Waals surface area contributed by atoms with Crippen molar-refractivity contribution in [2.75, 3.05) is 0 Å². The number of rotatable bonds is 2. The Morgan fingerprint density at radius 1 is 1.29 bits per heavy atom. The largest absolute Gasteiger partial charge is 0.337 e. The first-order valence-electron chi connectivity index (χ1n) is 5.85. The Hall–Kier alpha value is -3.23. The van der Waals surface area contributed by atoms with Gasteiger partial charge in [-0.1, -0.05) is 5.16 Å². The van der Waals surface area contributed by atoms with E-state index in [2.05, 4.69) is 10.1 Å². The Kier molecular flexibility index (Phi) is 2.68. The number of hydrogen-bond acceptors (Lipinski definition) is 6. The van der Waals surface area contributed by atoms with Crippen molar-refractivity contribution < 1.29 is 9.45 Å². The van der Waals surface area contributed by atoms with Gasteiger partial charge in [-0.25, -0.2) is 9.36 Å². The highest BCUT2D eigenvalue weighted by molar-refractivity contribution is 5.74. The van der Waals surface area contributed by atoms with Crippen LogP contribution in [0.15, 0.2) is 38.4 Å². The van der Waals surface area contributed by atoms with Gasteiger partial charge in [-0.15, -0.1) is 0 Å².